The van der Waals surface area contributed by atoms with Gasteiger partial charge >= 0.3 is 0 Å². The Labute approximate surface area is 200 Å². The van der Waals surface area contributed by atoms with Crippen LogP contribution in [0.5, 0.6) is 0 Å². The third-order valence-electron chi connectivity index (χ3n) is 7.49. The van der Waals surface area contributed by atoms with Gasteiger partial charge in [-0.05, 0) is 31.6 Å². The zero-order valence-corrected chi connectivity index (χ0v) is 22.2. The van der Waals surface area contributed by atoms with Gasteiger partial charge < -0.3 is 25.0 Å². The van der Waals surface area contributed by atoms with Crippen molar-refractivity contribution in [2.75, 3.05) is 27.8 Å². The van der Waals surface area contributed by atoms with Gasteiger partial charge in [0.05, 0.1) is 36.8 Å². The Morgan fingerprint density at radius 2 is 1.73 bits per heavy atom. The van der Waals surface area contributed by atoms with E-state index in [9.17, 15) is 14.4 Å². The number of nitrogens with two attached hydrogens (primary N) is 1. The van der Waals surface area contributed by atoms with Gasteiger partial charge in [0.25, 0.3) is 0 Å². The van der Waals surface area contributed by atoms with Gasteiger partial charge in [0.1, 0.15) is 5.78 Å². The lowest BCUT2D eigenvalue weighted by Crippen LogP contribution is -2.56. The monoisotopic (exact) mass is 469 g/mol. The van der Waals surface area contributed by atoms with Crippen LogP contribution in [0.3, 0.4) is 0 Å². The van der Waals surface area contributed by atoms with E-state index in [0.29, 0.717) is 6.54 Å². The van der Waals surface area contributed by atoms with Crippen LogP contribution >= 0.6 is 0 Å². The Balaban J connectivity index is 3.11. The van der Waals surface area contributed by atoms with Gasteiger partial charge in [0, 0.05) is 33.7 Å². The van der Waals surface area contributed by atoms with Gasteiger partial charge in [0.15, 0.2) is 0 Å². The summed E-state index contributed by atoms with van der Waals surface area (Å²) in [6.45, 7) is 12.0. The first-order valence-corrected chi connectivity index (χ1v) is 12.3. The van der Waals surface area contributed by atoms with Crippen LogP contribution < -0.4 is 5.73 Å². The van der Waals surface area contributed by atoms with Crippen molar-refractivity contribution in [3.63, 3.8) is 0 Å². The van der Waals surface area contributed by atoms with Crippen LogP contribution in [0.4, 0.5) is 0 Å². The lowest BCUT2D eigenvalue weighted by Gasteiger charge is -2.40. The first-order valence-electron chi connectivity index (χ1n) is 12.3. The Hall–Kier alpha value is -1.51. The standard InChI is InChI=1S/C25H47N3O5/c1-10-16(4)23(27(7)25(31)22(26)15(2)3)20(32-8)14-21(30)28-13-11-12-19(28)24(33-9)17(5)18(6)29/h15-17,19-20,22-24H,10-14,26H2,1-9H3/t16-,17-,19-,20+,22-,23-,24+/m1/s1. The second-order valence-electron chi connectivity index (χ2n) is 9.97. The molecular formula is C25H47N3O5. The van der Waals surface area contributed by atoms with Gasteiger partial charge in [-0.25, -0.2) is 0 Å². The minimum absolute atomic E-state index is 0.0137. The fraction of sp³-hybridized carbons (Fsp3) is 0.880. The number of hydrogen-bond acceptors (Lipinski definition) is 6. The summed E-state index contributed by atoms with van der Waals surface area (Å²) in [5.74, 6) is -0.284. The number of rotatable bonds is 13. The molecule has 0 bridgehead atoms. The van der Waals surface area contributed by atoms with Crippen molar-refractivity contribution in [1.82, 2.24) is 9.80 Å². The van der Waals surface area contributed by atoms with E-state index in [2.05, 4.69) is 13.8 Å². The van der Waals surface area contributed by atoms with E-state index in [0.717, 1.165) is 19.3 Å². The molecule has 33 heavy (non-hydrogen) atoms. The van der Waals surface area contributed by atoms with Crippen molar-refractivity contribution in [1.29, 1.82) is 0 Å². The molecule has 0 saturated carbocycles. The molecule has 0 aromatic carbocycles. The number of ketones is 1. The highest BCUT2D eigenvalue weighted by Gasteiger charge is 2.41. The van der Waals surface area contributed by atoms with Gasteiger partial charge in [0.2, 0.25) is 11.8 Å². The highest BCUT2D eigenvalue weighted by atomic mass is 16.5. The molecule has 0 aromatic rings. The van der Waals surface area contributed by atoms with Crippen molar-refractivity contribution >= 4 is 17.6 Å². The lowest BCUT2D eigenvalue weighted by atomic mass is 9.89. The minimum atomic E-state index is -0.603. The second-order valence-corrected chi connectivity index (χ2v) is 9.97. The van der Waals surface area contributed by atoms with E-state index in [1.165, 1.54) is 0 Å². The summed E-state index contributed by atoms with van der Waals surface area (Å²) >= 11 is 0. The van der Waals surface area contributed by atoms with Gasteiger partial charge in [-0.2, -0.15) is 0 Å². The molecule has 1 rings (SSSR count). The first kappa shape index (κ1) is 29.5. The molecule has 2 amide bonds. The number of likely N-dealkylation sites (tertiary alicyclic amines) is 1. The maximum Gasteiger partial charge on any atom is 0.239 e. The van der Waals surface area contributed by atoms with Crippen molar-refractivity contribution < 1.29 is 23.9 Å². The van der Waals surface area contributed by atoms with Crippen LogP contribution in [0.2, 0.25) is 0 Å². The van der Waals surface area contributed by atoms with E-state index >= 15 is 0 Å². The van der Waals surface area contributed by atoms with Crippen LogP contribution in [0, 0.1) is 17.8 Å². The first-order chi connectivity index (χ1) is 15.4. The predicted octanol–water partition coefficient (Wildman–Crippen LogP) is 2.48. The third kappa shape index (κ3) is 7.23. The molecule has 0 radical (unpaired) electrons. The van der Waals surface area contributed by atoms with Crippen molar-refractivity contribution in [2.45, 2.75) is 97.6 Å². The number of amides is 2. The van der Waals surface area contributed by atoms with Crippen molar-refractivity contribution in [3.05, 3.63) is 0 Å². The average molecular weight is 470 g/mol. The van der Waals surface area contributed by atoms with E-state index in [1.807, 2.05) is 25.7 Å². The molecule has 8 heteroatoms. The molecule has 1 aliphatic rings. The largest absolute Gasteiger partial charge is 0.379 e. The summed E-state index contributed by atoms with van der Waals surface area (Å²) in [5, 5.41) is 0. The summed E-state index contributed by atoms with van der Waals surface area (Å²) in [6, 6.07) is -1.03. The maximum atomic E-state index is 13.5. The number of hydrogen-bond donors (Lipinski definition) is 1. The van der Waals surface area contributed by atoms with E-state index in [4.69, 9.17) is 15.2 Å². The molecule has 8 nitrogen and oxygen atoms in total. The Morgan fingerprint density at radius 1 is 1.12 bits per heavy atom. The number of carbonyl (C=O) groups is 3. The molecule has 192 valence electrons. The highest BCUT2D eigenvalue weighted by Crippen LogP contribution is 2.29. The quantitative estimate of drug-likeness (QED) is 0.445. The Kier molecular flexibility index (Phi) is 12.0. The fourth-order valence-corrected chi connectivity index (χ4v) is 4.91. The Morgan fingerprint density at radius 3 is 2.18 bits per heavy atom. The third-order valence-corrected chi connectivity index (χ3v) is 7.49. The maximum absolute atomic E-state index is 13.5. The summed E-state index contributed by atoms with van der Waals surface area (Å²) < 4.78 is 11.5. The van der Waals surface area contributed by atoms with E-state index < -0.39 is 12.1 Å². The molecule has 7 atom stereocenters. The van der Waals surface area contributed by atoms with Crippen LogP contribution in [-0.2, 0) is 23.9 Å². The fourth-order valence-electron chi connectivity index (χ4n) is 4.91. The van der Waals surface area contributed by atoms with Gasteiger partial charge in [-0.1, -0.05) is 41.0 Å². The van der Waals surface area contributed by atoms with E-state index in [1.54, 1.807) is 33.1 Å². The predicted molar refractivity (Wildman–Crippen MR) is 130 cm³/mol. The molecule has 0 unspecified atom stereocenters. The highest BCUT2D eigenvalue weighted by molar-refractivity contribution is 5.82. The van der Waals surface area contributed by atoms with Crippen LogP contribution in [0.25, 0.3) is 0 Å². The molecular weight excluding hydrogens is 422 g/mol. The van der Waals surface area contributed by atoms with Crippen LogP contribution in [0.15, 0.2) is 0 Å². The van der Waals surface area contributed by atoms with Gasteiger partial charge in [-0.3, -0.25) is 14.4 Å². The molecule has 0 aliphatic carbocycles. The number of nitrogens with zero attached hydrogens (tertiary/aromatic N) is 2. The molecule has 1 fully saturated rings. The summed E-state index contributed by atoms with van der Waals surface area (Å²) in [4.78, 5) is 42.0. The summed E-state index contributed by atoms with van der Waals surface area (Å²) in [5.41, 5.74) is 6.15. The number of ether oxygens (including phenoxy) is 2. The molecule has 2 N–H and O–H groups in total. The normalized spacial score (nSPS) is 21.9. The summed E-state index contributed by atoms with van der Waals surface area (Å²) in [6.07, 6.45) is 1.86. The zero-order chi connectivity index (χ0) is 25.5. The zero-order valence-electron chi connectivity index (χ0n) is 22.2. The molecule has 0 spiro atoms. The van der Waals surface area contributed by atoms with Crippen molar-refractivity contribution in [2.24, 2.45) is 23.5 Å². The van der Waals surface area contributed by atoms with E-state index in [-0.39, 0.29) is 60.0 Å². The second kappa shape index (κ2) is 13.4. The number of methoxy groups -OCH3 is 2. The number of Topliss-reactive ketones (excluding diaryl/α,β-unsaturated/α-hetero) is 1. The molecule has 1 aliphatic heterocycles. The topological polar surface area (TPSA) is 102 Å². The smallest absolute Gasteiger partial charge is 0.239 e. The van der Waals surface area contributed by atoms with Crippen molar-refractivity contribution in [3.8, 4) is 0 Å². The summed E-state index contributed by atoms with van der Waals surface area (Å²) in [7, 11) is 4.94. The Bertz CT molecular complexity index is 656. The molecule has 1 heterocycles. The molecule has 1 saturated heterocycles. The number of carbonyl (C=O) groups excluding carboxylic acids is 3. The van der Waals surface area contributed by atoms with Gasteiger partial charge in [-0.15, -0.1) is 0 Å². The van der Waals surface area contributed by atoms with Crippen LogP contribution in [-0.4, -0.2) is 85.5 Å². The SMILES string of the molecule is CC[C@@H](C)[C@H]([C@H](CC(=O)N1CCC[C@@H]1[C@@H](OC)[C@H](C)C(C)=O)OC)N(C)C(=O)[C@H](N)C(C)C. The molecule has 0 aromatic heterocycles. The average Bonchev–Trinajstić information content (AvgIpc) is 3.26. The minimum Gasteiger partial charge on any atom is -0.379 e. The van der Waals surface area contributed by atoms with Crippen LogP contribution in [0.1, 0.15) is 67.2 Å². The number of likely N-dealkylation sites (N-methyl/N-ethyl adjacent to an activating group) is 1. The lowest BCUT2D eigenvalue weighted by molar-refractivity contribution is -0.146.